The molecule has 0 fully saturated rings. The van der Waals surface area contributed by atoms with E-state index in [1.54, 1.807) is 5.48 Å². The van der Waals surface area contributed by atoms with Gasteiger partial charge in [-0.2, -0.15) is 0 Å². The van der Waals surface area contributed by atoms with Gasteiger partial charge in [0.05, 0.1) is 0 Å². The Morgan fingerprint density at radius 2 is 1.85 bits per heavy atom. The molecule has 2 aromatic rings. The molecule has 0 saturated heterocycles. The number of amides is 2. The second-order valence-corrected chi connectivity index (χ2v) is 7.22. The molecule has 0 saturated carbocycles. The molecule has 0 unspecified atom stereocenters. The largest absolute Gasteiger partial charge is 0.334 e. The summed E-state index contributed by atoms with van der Waals surface area (Å²) < 4.78 is 0. The predicted octanol–water partition coefficient (Wildman–Crippen LogP) is 3.99. The Labute approximate surface area is 160 Å². The fraction of sp³-hybridized carbons (Fsp3) is 0.364. The Morgan fingerprint density at radius 1 is 1.07 bits per heavy atom. The van der Waals surface area contributed by atoms with Crippen LogP contribution in [0.1, 0.15) is 52.7 Å². The average molecular weight is 366 g/mol. The molecule has 5 heteroatoms. The Hall–Kier alpha value is -2.66. The van der Waals surface area contributed by atoms with E-state index in [2.05, 4.69) is 38.1 Å². The first-order valence-corrected chi connectivity index (χ1v) is 9.43. The average Bonchev–Trinajstić information content (AvgIpc) is 2.98. The van der Waals surface area contributed by atoms with Crippen LogP contribution in [0.15, 0.2) is 36.4 Å². The number of hydroxylamine groups is 1. The van der Waals surface area contributed by atoms with E-state index in [1.807, 2.05) is 17.0 Å². The van der Waals surface area contributed by atoms with Crippen molar-refractivity contribution < 1.29 is 14.8 Å². The van der Waals surface area contributed by atoms with Gasteiger partial charge in [0.2, 0.25) is 5.91 Å². The topological polar surface area (TPSA) is 69.6 Å². The molecule has 0 aromatic heterocycles. The van der Waals surface area contributed by atoms with Crippen molar-refractivity contribution >= 4 is 11.8 Å². The van der Waals surface area contributed by atoms with E-state index in [4.69, 9.17) is 5.21 Å². The van der Waals surface area contributed by atoms with Crippen LogP contribution in [0.25, 0.3) is 11.1 Å². The maximum Gasteiger partial charge on any atom is 0.254 e. The quantitative estimate of drug-likeness (QED) is 0.442. The summed E-state index contributed by atoms with van der Waals surface area (Å²) in [6.07, 6.45) is 2.70. The van der Waals surface area contributed by atoms with Crippen molar-refractivity contribution in [3.8, 4) is 11.1 Å². The third-order valence-electron chi connectivity index (χ3n) is 5.17. The SMILES string of the molecule is Cc1ccc(-c2cccc3c2CN(CCCCCC(=O)NO)C3=O)c(C)c1. The molecule has 1 aliphatic rings. The zero-order chi connectivity index (χ0) is 19.4. The molecule has 0 spiro atoms. The molecule has 0 aliphatic carbocycles. The molecule has 0 radical (unpaired) electrons. The highest BCUT2D eigenvalue weighted by Gasteiger charge is 2.29. The van der Waals surface area contributed by atoms with Crippen molar-refractivity contribution in [2.75, 3.05) is 6.54 Å². The molecule has 1 heterocycles. The highest BCUT2D eigenvalue weighted by molar-refractivity contribution is 6.00. The third kappa shape index (κ3) is 4.19. The number of benzene rings is 2. The first-order chi connectivity index (χ1) is 13.0. The highest BCUT2D eigenvalue weighted by Crippen LogP contribution is 2.34. The van der Waals surface area contributed by atoms with Gasteiger partial charge in [0, 0.05) is 25.1 Å². The van der Waals surface area contributed by atoms with E-state index in [-0.39, 0.29) is 11.8 Å². The van der Waals surface area contributed by atoms with E-state index < -0.39 is 0 Å². The Bertz CT molecular complexity index is 861. The van der Waals surface area contributed by atoms with Gasteiger partial charge in [0.1, 0.15) is 0 Å². The monoisotopic (exact) mass is 366 g/mol. The molecule has 5 nitrogen and oxygen atoms in total. The minimum atomic E-state index is -0.363. The number of carbonyl (C=O) groups excluding carboxylic acids is 2. The molecule has 1 aliphatic heterocycles. The summed E-state index contributed by atoms with van der Waals surface area (Å²) >= 11 is 0. The predicted molar refractivity (Wildman–Crippen MR) is 104 cm³/mol. The van der Waals surface area contributed by atoms with E-state index in [9.17, 15) is 9.59 Å². The Morgan fingerprint density at radius 3 is 2.59 bits per heavy atom. The number of nitrogens with zero attached hydrogens (tertiary/aromatic N) is 1. The Kier molecular flexibility index (Phi) is 5.91. The molecule has 0 bridgehead atoms. The van der Waals surface area contributed by atoms with Crippen LogP contribution < -0.4 is 5.48 Å². The third-order valence-corrected chi connectivity index (χ3v) is 5.17. The number of unbranched alkanes of at least 4 members (excludes halogenated alkanes) is 2. The van der Waals surface area contributed by atoms with Gasteiger partial charge in [0.15, 0.2) is 0 Å². The number of nitrogens with one attached hydrogen (secondary N) is 1. The zero-order valence-corrected chi connectivity index (χ0v) is 15.9. The van der Waals surface area contributed by atoms with Crippen molar-refractivity contribution in [2.45, 2.75) is 46.1 Å². The summed E-state index contributed by atoms with van der Waals surface area (Å²) in [4.78, 5) is 25.7. The summed E-state index contributed by atoms with van der Waals surface area (Å²) in [5.74, 6) is -0.275. The van der Waals surface area contributed by atoms with Gasteiger partial charge in [-0.25, -0.2) is 5.48 Å². The number of hydrogen-bond acceptors (Lipinski definition) is 3. The van der Waals surface area contributed by atoms with Crippen LogP contribution in [0.5, 0.6) is 0 Å². The molecule has 2 aromatic carbocycles. The van der Waals surface area contributed by atoms with Gasteiger partial charge in [-0.05, 0) is 55.0 Å². The minimum Gasteiger partial charge on any atom is -0.334 e. The van der Waals surface area contributed by atoms with E-state index in [0.29, 0.717) is 25.9 Å². The second kappa shape index (κ2) is 8.35. The molecule has 142 valence electrons. The molecule has 3 rings (SSSR count). The lowest BCUT2D eigenvalue weighted by molar-refractivity contribution is -0.129. The lowest BCUT2D eigenvalue weighted by Gasteiger charge is -2.16. The van der Waals surface area contributed by atoms with Crippen molar-refractivity contribution in [2.24, 2.45) is 0 Å². The van der Waals surface area contributed by atoms with Gasteiger partial charge in [-0.3, -0.25) is 14.8 Å². The van der Waals surface area contributed by atoms with Gasteiger partial charge in [-0.15, -0.1) is 0 Å². The van der Waals surface area contributed by atoms with Crippen LogP contribution in [-0.2, 0) is 11.3 Å². The fourth-order valence-corrected chi connectivity index (χ4v) is 3.76. The van der Waals surface area contributed by atoms with E-state index >= 15 is 0 Å². The smallest absolute Gasteiger partial charge is 0.254 e. The van der Waals surface area contributed by atoms with Crippen molar-refractivity contribution in [1.82, 2.24) is 10.4 Å². The number of carbonyl (C=O) groups is 2. The molecule has 2 N–H and O–H groups in total. The van der Waals surface area contributed by atoms with Crippen LogP contribution in [-0.4, -0.2) is 28.5 Å². The van der Waals surface area contributed by atoms with Crippen LogP contribution in [0.3, 0.4) is 0 Å². The molecular formula is C22H26N2O3. The minimum absolute atomic E-state index is 0.0877. The first-order valence-electron chi connectivity index (χ1n) is 9.43. The maximum absolute atomic E-state index is 12.8. The Balaban J connectivity index is 1.69. The second-order valence-electron chi connectivity index (χ2n) is 7.22. The lowest BCUT2D eigenvalue weighted by atomic mass is 9.93. The summed E-state index contributed by atoms with van der Waals surface area (Å²) in [5, 5.41) is 8.50. The first kappa shape index (κ1) is 19.1. The van der Waals surface area contributed by atoms with Crippen molar-refractivity contribution in [1.29, 1.82) is 0 Å². The highest BCUT2D eigenvalue weighted by atomic mass is 16.5. The van der Waals surface area contributed by atoms with Crippen LogP contribution >= 0.6 is 0 Å². The standard InChI is InChI=1S/C22H26N2O3/c1-15-10-11-17(16(2)13-15)18-7-6-8-19-20(18)14-24(22(19)26)12-5-3-4-9-21(25)23-27/h6-8,10-11,13,27H,3-5,9,12,14H2,1-2H3,(H,23,25). The normalized spacial score (nSPS) is 13.0. The molecular weight excluding hydrogens is 340 g/mol. The summed E-state index contributed by atoms with van der Waals surface area (Å²) in [5.41, 5.74) is 8.32. The molecule has 0 atom stereocenters. The van der Waals surface area contributed by atoms with E-state index in [1.165, 1.54) is 16.7 Å². The summed E-state index contributed by atoms with van der Waals surface area (Å²) in [6.45, 7) is 5.51. The number of hydrogen-bond donors (Lipinski definition) is 2. The van der Waals surface area contributed by atoms with Crippen molar-refractivity contribution in [3.05, 3.63) is 58.7 Å². The van der Waals surface area contributed by atoms with E-state index in [0.717, 1.165) is 29.5 Å². The van der Waals surface area contributed by atoms with Crippen LogP contribution in [0.2, 0.25) is 0 Å². The van der Waals surface area contributed by atoms with Gasteiger partial charge < -0.3 is 4.90 Å². The zero-order valence-electron chi connectivity index (χ0n) is 15.9. The number of fused-ring (bicyclic) bond motifs is 1. The van der Waals surface area contributed by atoms with Crippen LogP contribution in [0.4, 0.5) is 0 Å². The number of aryl methyl sites for hydroxylation is 2. The fourth-order valence-electron chi connectivity index (χ4n) is 3.76. The lowest BCUT2D eigenvalue weighted by Crippen LogP contribution is -2.25. The summed E-state index contributed by atoms with van der Waals surface area (Å²) in [7, 11) is 0. The van der Waals surface area contributed by atoms with Gasteiger partial charge in [-0.1, -0.05) is 42.3 Å². The van der Waals surface area contributed by atoms with Crippen molar-refractivity contribution in [3.63, 3.8) is 0 Å². The molecule has 2 amide bonds. The molecule has 27 heavy (non-hydrogen) atoms. The summed E-state index contributed by atoms with van der Waals surface area (Å²) in [6, 6.07) is 12.4. The maximum atomic E-state index is 12.8. The van der Waals surface area contributed by atoms with Crippen LogP contribution in [0, 0.1) is 13.8 Å². The van der Waals surface area contributed by atoms with Gasteiger partial charge in [0.25, 0.3) is 5.91 Å². The van der Waals surface area contributed by atoms with Gasteiger partial charge >= 0.3 is 0 Å². The number of rotatable bonds is 7.